The SMILES string of the molecule is C[C@@H](C#N)c1ccsc1. The minimum Gasteiger partial charge on any atom is -0.198 e. The summed E-state index contributed by atoms with van der Waals surface area (Å²) < 4.78 is 0. The molecule has 0 saturated carbocycles. The molecule has 1 aromatic rings. The van der Waals surface area contributed by atoms with E-state index in [1.807, 2.05) is 23.8 Å². The second-order valence-corrected chi connectivity index (χ2v) is 2.69. The molecule has 0 N–H and O–H groups in total. The third-order valence-electron chi connectivity index (χ3n) is 1.24. The molecule has 0 bridgehead atoms. The van der Waals surface area contributed by atoms with Gasteiger partial charge in [-0.3, -0.25) is 0 Å². The van der Waals surface area contributed by atoms with Crippen LogP contribution in [0, 0.1) is 11.3 Å². The van der Waals surface area contributed by atoms with Crippen molar-refractivity contribution in [1.29, 1.82) is 5.26 Å². The number of hydrogen-bond acceptors (Lipinski definition) is 2. The van der Waals surface area contributed by atoms with Gasteiger partial charge in [0, 0.05) is 0 Å². The van der Waals surface area contributed by atoms with E-state index in [4.69, 9.17) is 5.26 Å². The van der Waals surface area contributed by atoms with E-state index in [1.54, 1.807) is 11.3 Å². The molecule has 1 rings (SSSR count). The van der Waals surface area contributed by atoms with Crippen molar-refractivity contribution < 1.29 is 0 Å². The molecule has 0 amide bonds. The molecule has 2 heteroatoms. The van der Waals surface area contributed by atoms with Crippen molar-refractivity contribution in [2.45, 2.75) is 12.8 Å². The number of nitrogens with zero attached hydrogens (tertiary/aromatic N) is 1. The van der Waals surface area contributed by atoms with Crippen molar-refractivity contribution in [3.8, 4) is 6.07 Å². The molecule has 1 aromatic heterocycles. The van der Waals surface area contributed by atoms with Crippen molar-refractivity contribution in [3.63, 3.8) is 0 Å². The Bertz CT molecular complexity index is 207. The normalized spacial score (nSPS) is 12.4. The van der Waals surface area contributed by atoms with E-state index >= 15 is 0 Å². The molecular weight excluding hydrogens is 130 g/mol. The van der Waals surface area contributed by atoms with Crippen LogP contribution in [-0.2, 0) is 0 Å². The third-order valence-corrected chi connectivity index (χ3v) is 1.94. The molecule has 1 nitrogen and oxygen atoms in total. The van der Waals surface area contributed by atoms with Gasteiger partial charge in [0.2, 0.25) is 0 Å². The Balaban J connectivity index is 2.80. The lowest BCUT2D eigenvalue weighted by Gasteiger charge is -1.93. The van der Waals surface area contributed by atoms with Crippen LogP contribution in [0.5, 0.6) is 0 Å². The van der Waals surface area contributed by atoms with Crippen LogP contribution in [0.25, 0.3) is 0 Å². The highest BCUT2D eigenvalue weighted by Crippen LogP contribution is 2.16. The number of thiophene rings is 1. The summed E-state index contributed by atoms with van der Waals surface area (Å²) in [5, 5.41) is 12.5. The molecule has 0 aromatic carbocycles. The fourth-order valence-corrected chi connectivity index (χ4v) is 1.35. The summed E-state index contributed by atoms with van der Waals surface area (Å²) in [4.78, 5) is 0. The fourth-order valence-electron chi connectivity index (χ4n) is 0.596. The number of rotatable bonds is 1. The van der Waals surface area contributed by atoms with Gasteiger partial charge in [-0.15, -0.1) is 0 Å². The summed E-state index contributed by atoms with van der Waals surface area (Å²) in [5.41, 5.74) is 1.13. The second-order valence-electron chi connectivity index (χ2n) is 1.91. The Morgan fingerprint density at radius 2 is 2.56 bits per heavy atom. The van der Waals surface area contributed by atoms with Gasteiger partial charge in [0.05, 0.1) is 12.0 Å². The summed E-state index contributed by atoms with van der Waals surface area (Å²) in [5.74, 6) is 0.0521. The molecule has 0 aliphatic heterocycles. The second kappa shape index (κ2) is 2.65. The van der Waals surface area contributed by atoms with E-state index in [-0.39, 0.29) is 5.92 Å². The van der Waals surface area contributed by atoms with Gasteiger partial charge < -0.3 is 0 Å². The third kappa shape index (κ3) is 1.30. The van der Waals surface area contributed by atoms with E-state index in [0.717, 1.165) is 5.56 Å². The lowest BCUT2D eigenvalue weighted by Crippen LogP contribution is -1.82. The van der Waals surface area contributed by atoms with Crippen LogP contribution in [0.3, 0.4) is 0 Å². The minimum atomic E-state index is 0.0521. The number of nitriles is 1. The van der Waals surface area contributed by atoms with Crippen LogP contribution < -0.4 is 0 Å². The monoisotopic (exact) mass is 137 g/mol. The van der Waals surface area contributed by atoms with Crippen LogP contribution in [0.15, 0.2) is 16.8 Å². The maximum Gasteiger partial charge on any atom is 0.0701 e. The van der Waals surface area contributed by atoms with Gasteiger partial charge in [0.25, 0.3) is 0 Å². The van der Waals surface area contributed by atoms with E-state index in [2.05, 4.69) is 6.07 Å². The van der Waals surface area contributed by atoms with Crippen LogP contribution in [0.2, 0.25) is 0 Å². The van der Waals surface area contributed by atoms with Crippen LogP contribution in [0.1, 0.15) is 18.4 Å². The van der Waals surface area contributed by atoms with Crippen LogP contribution >= 0.6 is 11.3 Å². The van der Waals surface area contributed by atoms with Gasteiger partial charge in [-0.05, 0) is 29.3 Å². The Hall–Kier alpha value is -0.810. The van der Waals surface area contributed by atoms with Gasteiger partial charge in [0.1, 0.15) is 0 Å². The van der Waals surface area contributed by atoms with Crippen LogP contribution in [0.4, 0.5) is 0 Å². The molecular formula is C7H7NS. The molecule has 1 heterocycles. The molecule has 1 atom stereocenters. The maximum absolute atomic E-state index is 8.46. The fraction of sp³-hybridized carbons (Fsp3) is 0.286. The summed E-state index contributed by atoms with van der Waals surface area (Å²) in [6.45, 7) is 1.90. The summed E-state index contributed by atoms with van der Waals surface area (Å²) in [6, 6.07) is 4.16. The summed E-state index contributed by atoms with van der Waals surface area (Å²) >= 11 is 1.63. The molecule has 0 spiro atoms. The molecule has 0 radical (unpaired) electrons. The Morgan fingerprint density at radius 3 is 3.00 bits per heavy atom. The predicted octanol–water partition coefficient (Wildman–Crippen LogP) is 2.38. The zero-order valence-corrected chi connectivity index (χ0v) is 5.98. The van der Waals surface area contributed by atoms with Gasteiger partial charge in [-0.25, -0.2) is 0 Å². The highest BCUT2D eigenvalue weighted by molar-refractivity contribution is 7.07. The van der Waals surface area contributed by atoms with Crippen molar-refractivity contribution in [2.75, 3.05) is 0 Å². The highest BCUT2D eigenvalue weighted by atomic mass is 32.1. The average Bonchev–Trinajstić information content (AvgIpc) is 2.37. The zero-order chi connectivity index (χ0) is 6.69. The van der Waals surface area contributed by atoms with Gasteiger partial charge >= 0.3 is 0 Å². The average molecular weight is 137 g/mol. The predicted molar refractivity (Wildman–Crippen MR) is 38.3 cm³/mol. The largest absolute Gasteiger partial charge is 0.198 e. The van der Waals surface area contributed by atoms with E-state index in [0.29, 0.717) is 0 Å². The molecule has 0 fully saturated rings. The number of hydrogen-bond donors (Lipinski definition) is 0. The Labute approximate surface area is 58.6 Å². The molecule has 0 aliphatic rings. The van der Waals surface area contributed by atoms with Gasteiger partial charge in [0.15, 0.2) is 0 Å². The first kappa shape index (κ1) is 6.31. The van der Waals surface area contributed by atoms with Crippen molar-refractivity contribution >= 4 is 11.3 Å². The Morgan fingerprint density at radius 1 is 1.78 bits per heavy atom. The minimum absolute atomic E-state index is 0.0521. The van der Waals surface area contributed by atoms with E-state index in [1.165, 1.54) is 0 Å². The maximum atomic E-state index is 8.46. The quantitative estimate of drug-likeness (QED) is 0.583. The first-order chi connectivity index (χ1) is 4.34. The topological polar surface area (TPSA) is 23.8 Å². The molecule has 0 unspecified atom stereocenters. The van der Waals surface area contributed by atoms with E-state index in [9.17, 15) is 0 Å². The van der Waals surface area contributed by atoms with Gasteiger partial charge in [-0.1, -0.05) is 0 Å². The summed E-state index contributed by atoms with van der Waals surface area (Å²) in [6.07, 6.45) is 0. The van der Waals surface area contributed by atoms with Crippen molar-refractivity contribution in [2.24, 2.45) is 0 Å². The van der Waals surface area contributed by atoms with Crippen molar-refractivity contribution in [3.05, 3.63) is 22.4 Å². The van der Waals surface area contributed by atoms with Gasteiger partial charge in [-0.2, -0.15) is 16.6 Å². The molecule has 0 aliphatic carbocycles. The van der Waals surface area contributed by atoms with Crippen molar-refractivity contribution in [1.82, 2.24) is 0 Å². The molecule has 9 heavy (non-hydrogen) atoms. The molecule has 0 saturated heterocycles. The highest BCUT2D eigenvalue weighted by Gasteiger charge is 2.01. The Kier molecular flexibility index (Phi) is 1.86. The lowest BCUT2D eigenvalue weighted by atomic mass is 10.1. The smallest absolute Gasteiger partial charge is 0.0701 e. The first-order valence-electron chi connectivity index (χ1n) is 2.76. The standard InChI is InChI=1S/C7H7NS/c1-6(4-8)7-2-3-9-5-7/h2-3,5-6H,1H3/t6-/m0/s1. The van der Waals surface area contributed by atoms with E-state index < -0.39 is 0 Å². The lowest BCUT2D eigenvalue weighted by molar-refractivity contribution is 0.990. The summed E-state index contributed by atoms with van der Waals surface area (Å²) in [7, 11) is 0. The molecule has 46 valence electrons. The van der Waals surface area contributed by atoms with Crippen LogP contribution in [-0.4, -0.2) is 0 Å². The zero-order valence-electron chi connectivity index (χ0n) is 5.16. The first-order valence-corrected chi connectivity index (χ1v) is 3.70.